The third-order valence-corrected chi connectivity index (χ3v) is 4.73. The van der Waals surface area contributed by atoms with Crippen LogP contribution >= 0.6 is 11.8 Å². The van der Waals surface area contributed by atoms with Crippen LogP contribution in [0.5, 0.6) is 5.88 Å². The van der Waals surface area contributed by atoms with Gasteiger partial charge in [-0.2, -0.15) is 5.10 Å². The lowest BCUT2D eigenvalue weighted by atomic mass is 10.2. The molecular weight excluding hydrogens is 392 g/mol. The second-order valence-electron chi connectivity index (χ2n) is 6.92. The minimum Gasteiger partial charge on any atom is -0.479 e. The molecule has 0 atom stereocenters. The quantitative estimate of drug-likeness (QED) is 0.400. The van der Waals surface area contributed by atoms with Crippen molar-refractivity contribution in [1.29, 1.82) is 0 Å². The highest BCUT2D eigenvalue weighted by molar-refractivity contribution is 7.98. The van der Waals surface area contributed by atoms with E-state index in [1.165, 1.54) is 18.9 Å². The molecule has 0 aliphatic carbocycles. The largest absolute Gasteiger partial charge is 0.479 e. The molecule has 3 heterocycles. The van der Waals surface area contributed by atoms with Crippen LogP contribution in [0.25, 0.3) is 11.0 Å². The number of hydrogen-bond acceptors (Lipinski definition) is 8. The van der Waals surface area contributed by atoms with E-state index in [2.05, 4.69) is 44.6 Å². The Morgan fingerprint density at radius 2 is 2.14 bits per heavy atom. The highest BCUT2D eigenvalue weighted by Crippen LogP contribution is 2.23. The van der Waals surface area contributed by atoms with Gasteiger partial charge in [0.15, 0.2) is 10.8 Å². The molecule has 156 valence electrons. The number of nitrogens with one attached hydrogen (secondary N) is 2. The highest BCUT2D eigenvalue weighted by Gasteiger charge is 2.17. The summed E-state index contributed by atoms with van der Waals surface area (Å²) in [4.78, 5) is 21.6. The summed E-state index contributed by atoms with van der Waals surface area (Å²) in [7, 11) is 3.23. The van der Waals surface area contributed by atoms with Crippen LogP contribution in [0.4, 0.5) is 5.82 Å². The molecule has 3 rings (SSSR count). The Kier molecular flexibility index (Phi) is 6.57. The summed E-state index contributed by atoms with van der Waals surface area (Å²) in [6.45, 7) is 5.97. The number of fused-ring (bicyclic) bond motifs is 1. The number of methoxy groups -OCH3 is 1. The van der Waals surface area contributed by atoms with Crippen molar-refractivity contribution >= 4 is 34.5 Å². The Balaban J connectivity index is 1.73. The maximum absolute atomic E-state index is 12.4. The zero-order valence-corrected chi connectivity index (χ0v) is 18.1. The van der Waals surface area contributed by atoms with Crippen molar-refractivity contribution in [3.8, 4) is 5.88 Å². The van der Waals surface area contributed by atoms with Crippen molar-refractivity contribution in [3.63, 3.8) is 0 Å². The fraction of sp³-hybridized carbons (Fsp3) is 0.500. The fourth-order valence-electron chi connectivity index (χ4n) is 2.77. The van der Waals surface area contributed by atoms with Gasteiger partial charge in [0, 0.05) is 26.3 Å². The average molecular weight is 419 g/mol. The lowest BCUT2D eigenvalue weighted by molar-refractivity contribution is 0.0949. The minimum atomic E-state index is -0.245. The molecule has 0 bridgehead atoms. The SMILES string of the molecule is COc1nn(C)cc1C(=O)NCCn1ncc2c(NCC(C)C)nc(SC)nc21. The highest BCUT2D eigenvalue weighted by atomic mass is 32.2. The van der Waals surface area contributed by atoms with E-state index in [1.807, 2.05) is 6.26 Å². The van der Waals surface area contributed by atoms with Gasteiger partial charge in [0.25, 0.3) is 5.91 Å². The van der Waals surface area contributed by atoms with E-state index >= 15 is 0 Å². The van der Waals surface area contributed by atoms with E-state index in [1.54, 1.807) is 28.8 Å². The van der Waals surface area contributed by atoms with Gasteiger partial charge in [-0.25, -0.2) is 14.6 Å². The molecule has 0 radical (unpaired) electrons. The minimum absolute atomic E-state index is 0.245. The number of rotatable bonds is 9. The monoisotopic (exact) mass is 418 g/mol. The Bertz CT molecular complexity index is 997. The Hall–Kier alpha value is -2.82. The zero-order valence-electron chi connectivity index (χ0n) is 17.3. The van der Waals surface area contributed by atoms with Gasteiger partial charge in [-0.1, -0.05) is 25.6 Å². The van der Waals surface area contributed by atoms with Crippen molar-refractivity contribution in [3.05, 3.63) is 18.0 Å². The second-order valence-corrected chi connectivity index (χ2v) is 7.69. The molecule has 0 saturated heterocycles. The van der Waals surface area contributed by atoms with Crippen LogP contribution in [0.3, 0.4) is 0 Å². The van der Waals surface area contributed by atoms with Gasteiger partial charge >= 0.3 is 0 Å². The Labute approximate surface area is 173 Å². The number of aryl methyl sites for hydroxylation is 1. The van der Waals surface area contributed by atoms with Crippen molar-refractivity contribution in [1.82, 2.24) is 34.8 Å². The molecule has 11 heteroatoms. The Morgan fingerprint density at radius 1 is 1.34 bits per heavy atom. The van der Waals surface area contributed by atoms with Crippen LogP contribution in [0.2, 0.25) is 0 Å². The lowest BCUT2D eigenvalue weighted by Crippen LogP contribution is -2.27. The summed E-state index contributed by atoms with van der Waals surface area (Å²) in [5, 5.41) is 16.3. The van der Waals surface area contributed by atoms with E-state index in [4.69, 9.17) is 4.74 Å². The molecule has 0 aliphatic rings. The van der Waals surface area contributed by atoms with E-state index in [0.717, 1.165) is 23.4 Å². The summed E-state index contributed by atoms with van der Waals surface area (Å²) in [5.74, 6) is 1.33. The van der Waals surface area contributed by atoms with Crippen LogP contribution in [0.15, 0.2) is 17.6 Å². The summed E-state index contributed by atoms with van der Waals surface area (Å²) < 4.78 is 8.46. The van der Waals surface area contributed by atoms with Crippen LogP contribution in [0.1, 0.15) is 24.2 Å². The van der Waals surface area contributed by atoms with Gasteiger partial charge in [0.05, 0.1) is 25.2 Å². The number of aromatic nitrogens is 6. The Morgan fingerprint density at radius 3 is 2.83 bits per heavy atom. The fourth-order valence-corrected chi connectivity index (χ4v) is 3.13. The number of hydrogen-bond donors (Lipinski definition) is 2. The van der Waals surface area contributed by atoms with Gasteiger partial charge in [0.2, 0.25) is 5.88 Å². The lowest BCUT2D eigenvalue weighted by Gasteiger charge is -2.10. The summed E-state index contributed by atoms with van der Waals surface area (Å²) in [5.41, 5.74) is 1.14. The van der Waals surface area contributed by atoms with Gasteiger partial charge in [-0.3, -0.25) is 9.48 Å². The van der Waals surface area contributed by atoms with E-state index in [9.17, 15) is 4.79 Å². The summed E-state index contributed by atoms with van der Waals surface area (Å²) >= 11 is 1.48. The topological polar surface area (TPSA) is 112 Å². The molecule has 0 fully saturated rings. The number of nitrogens with zero attached hydrogens (tertiary/aromatic N) is 6. The molecule has 0 aliphatic heterocycles. The first-order valence-corrected chi connectivity index (χ1v) is 10.5. The number of thioether (sulfide) groups is 1. The molecule has 3 aromatic heterocycles. The molecule has 0 spiro atoms. The maximum Gasteiger partial charge on any atom is 0.258 e. The first-order chi connectivity index (χ1) is 13.9. The molecular formula is C18H26N8O2S. The maximum atomic E-state index is 12.4. The molecule has 2 N–H and O–H groups in total. The summed E-state index contributed by atoms with van der Waals surface area (Å²) in [6.07, 6.45) is 5.33. The molecule has 0 aromatic carbocycles. The molecule has 0 saturated carbocycles. The van der Waals surface area contributed by atoms with E-state index in [0.29, 0.717) is 35.6 Å². The number of carbonyl (C=O) groups is 1. The van der Waals surface area contributed by atoms with Crippen molar-refractivity contribution in [2.45, 2.75) is 25.5 Å². The van der Waals surface area contributed by atoms with Gasteiger partial charge in [0.1, 0.15) is 11.4 Å². The number of amides is 1. The first-order valence-electron chi connectivity index (χ1n) is 9.30. The van der Waals surface area contributed by atoms with Gasteiger partial charge < -0.3 is 15.4 Å². The second kappa shape index (κ2) is 9.12. The van der Waals surface area contributed by atoms with Crippen molar-refractivity contribution < 1.29 is 9.53 Å². The standard InChI is InChI=1S/C18H26N8O2S/c1-11(2)8-20-14-12-9-21-26(15(12)23-18(22-14)29-5)7-6-19-16(27)13-10-25(3)24-17(13)28-4/h9-11H,6-8H2,1-5H3,(H,19,27)(H,20,22,23). The van der Waals surface area contributed by atoms with Crippen molar-refractivity contribution in [2.75, 3.05) is 31.8 Å². The van der Waals surface area contributed by atoms with Crippen LogP contribution < -0.4 is 15.4 Å². The zero-order chi connectivity index (χ0) is 21.0. The first kappa shape index (κ1) is 20.9. The van der Waals surface area contributed by atoms with E-state index < -0.39 is 0 Å². The molecule has 1 amide bonds. The van der Waals surface area contributed by atoms with Gasteiger partial charge in [-0.05, 0) is 12.2 Å². The third-order valence-electron chi connectivity index (χ3n) is 4.18. The van der Waals surface area contributed by atoms with Crippen LogP contribution in [-0.4, -0.2) is 61.9 Å². The average Bonchev–Trinajstić information content (AvgIpc) is 3.29. The smallest absolute Gasteiger partial charge is 0.258 e. The van der Waals surface area contributed by atoms with Crippen molar-refractivity contribution in [2.24, 2.45) is 13.0 Å². The molecule has 29 heavy (non-hydrogen) atoms. The number of ether oxygens (including phenoxy) is 1. The predicted octanol–water partition coefficient (Wildman–Crippen LogP) is 1.79. The third kappa shape index (κ3) is 4.78. The van der Waals surface area contributed by atoms with Gasteiger partial charge in [-0.15, -0.1) is 5.10 Å². The number of carbonyl (C=O) groups excluding carboxylic acids is 1. The normalized spacial score (nSPS) is 11.2. The molecule has 10 nitrogen and oxygen atoms in total. The van der Waals surface area contributed by atoms with Crippen LogP contribution in [0, 0.1) is 5.92 Å². The van der Waals surface area contributed by atoms with E-state index in [-0.39, 0.29) is 5.91 Å². The number of anilines is 1. The predicted molar refractivity (Wildman–Crippen MR) is 113 cm³/mol. The molecule has 3 aromatic rings. The summed E-state index contributed by atoms with van der Waals surface area (Å²) in [6, 6.07) is 0. The van der Waals surface area contributed by atoms with Crippen LogP contribution in [-0.2, 0) is 13.6 Å². The molecule has 0 unspecified atom stereocenters.